The third-order valence-electron chi connectivity index (χ3n) is 2.55. The summed E-state index contributed by atoms with van der Waals surface area (Å²) >= 11 is 7.35. The fraction of sp³-hybridized carbons (Fsp3) is 0. The Morgan fingerprint density at radius 2 is 2.22 bits per heavy atom. The van der Waals surface area contributed by atoms with Crippen LogP contribution in [0.2, 0.25) is 5.28 Å². The van der Waals surface area contributed by atoms with E-state index in [4.69, 9.17) is 11.6 Å². The van der Waals surface area contributed by atoms with Crippen molar-refractivity contribution in [3.63, 3.8) is 0 Å². The second-order valence-electron chi connectivity index (χ2n) is 3.64. The van der Waals surface area contributed by atoms with Crippen molar-refractivity contribution in [2.45, 2.75) is 0 Å². The van der Waals surface area contributed by atoms with Crippen molar-refractivity contribution in [3.05, 3.63) is 46.0 Å². The highest BCUT2D eigenvalue weighted by Crippen LogP contribution is 2.34. The summed E-state index contributed by atoms with van der Waals surface area (Å²) in [7, 11) is 0. The van der Waals surface area contributed by atoms with Crippen molar-refractivity contribution in [1.82, 2.24) is 9.97 Å². The van der Waals surface area contributed by atoms with Crippen LogP contribution in [-0.4, -0.2) is 9.97 Å². The zero-order chi connectivity index (χ0) is 12.5. The maximum Gasteiger partial charge on any atom is 0.222 e. The first-order valence-electron chi connectivity index (χ1n) is 5.11. The molecule has 0 radical (unpaired) electrons. The van der Waals surface area contributed by atoms with Crippen LogP contribution in [0.25, 0.3) is 21.3 Å². The average Bonchev–Trinajstić information content (AvgIpc) is 2.81. The van der Waals surface area contributed by atoms with Crippen LogP contribution in [0.4, 0.5) is 5.69 Å². The molecule has 0 aliphatic carbocycles. The van der Waals surface area contributed by atoms with E-state index in [0.29, 0.717) is 5.69 Å². The predicted molar refractivity (Wildman–Crippen MR) is 73.3 cm³/mol. The van der Waals surface area contributed by atoms with Crippen LogP contribution in [0, 0.1) is 4.91 Å². The van der Waals surface area contributed by atoms with Crippen LogP contribution in [0.3, 0.4) is 0 Å². The van der Waals surface area contributed by atoms with Gasteiger partial charge in [-0.05, 0) is 34.5 Å². The third-order valence-corrected chi connectivity index (χ3v) is 3.64. The maximum absolute atomic E-state index is 10.6. The molecule has 0 fully saturated rings. The minimum atomic E-state index is 0.215. The number of nitroso groups, excluding NO2 is 1. The van der Waals surface area contributed by atoms with Crippen LogP contribution in [0.5, 0.6) is 0 Å². The number of rotatable bonds is 2. The molecule has 2 heterocycles. The smallest absolute Gasteiger partial charge is 0.222 e. The van der Waals surface area contributed by atoms with Gasteiger partial charge in [0, 0.05) is 17.1 Å². The lowest BCUT2D eigenvalue weighted by molar-refractivity contribution is 1.23. The zero-order valence-corrected chi connectivity index (χ0v) is 10.6. The van der Waals surface area contributed by atoms with Crippen LogP contribution in [-0.2, 0) is 0 Å². The van der Waals surface area contributed by atoms with E-state index in [0.717, 1.165) is 21.3 Å². The molecule has 0 atom stereocenters. The van der Waals surface area contributed by atoms with Gasteiger partial charge >= 0.3 is 0 Å². The molecule has 2 aromatic heterocycles. The van der Waals surface area contributed by atoms with Gasteiger partial charge in [-0.15, -0.1) is 16.2 Å². The largest absolute Gasteiger partial charge is 0.225 e. The maximum atomic E-state index is 10.6. The number of halogens is 1. The van der Waals surface area contributed by atoms with Crippen molar-refractivity contribution in [1.29, 1.82) is 0 Å². The van der Waals surface area contributed by atoms with Gasteiger partial charge in [0.15, 0.2) is 0 Å². The first-order valence-corrected chi connectivity index (χ1v) is 6.37. The van der Waals surface area contributed by atoms with E-state index >= 15 is 0 Å². The Morgan fingerprint density at radius 3 is 3.06 bits per heavy atom. The minimum absolute atomic E-state index is 0.215. The summed E-state index contributed by atoms with van der Waals surface area (Å²) in [5.41, 5.74) is 3.02. The van der Waals surface area contributed by atoms with Crippen molar-refractivity contribution < 1.29 is 0 Å². The normalized spacial score (nSPS) is 10.7. The molecule has 0 amide bonds. The van der Waals surface area contributed by atoms with E-state index in [9.17, 15) is 4.91 Å². The molecule has 0 N–H and O–H groups in total. The second-order valence-corrected chi connectivity index (χ2v) is 4.89. The number of thiophene rings is 1. The standard InChI is InChI=1S/C12H6ClN3OS/c13-12-14-5-10-11(15-12)9(6-18-10)7-2-1-3-8(4-7)16-17/h1-6H. The number of fused-ring (bicyclic) bond motifs is 1. The molecule has 3 aromatic rings. The summed E-state index contributed by atoms with van der Waals surface area (Å²) in [6, 6.07) is 7.09. The molecular formula is C12H6ClN3OS. The Bertz CT molecular complexity index is 741. The number of benzene rings is 1. The Kier molecular flexibility index (Phi) is 2.77. The van der Waals surface area contributed by atoms with Gasteiger partial charge in [0.1, 0.15) is 5.69 Å². The average molecular weight is 276 g/mol. The molecule has 3 rings (SSSR count). The minimum Gasteiger partial charge on any atom is -0.225 e. The molecule has 0 aliphatic heterocycles. The van der Waals surface area contributed by atoms with Gasteiger partial charge < -0.3 is 0 Å². The number of hydrogen-bond donors (Lipinski definition) is 0. The fourth-order valence-corrected chi connectivity index (χ4v) is 2.75. The first-order chi connectivity index (χ1) is 8.78. The van der Waals surface area contributed by atoms with E-state index in [1.54, 1.807) is 24.4 Å². The predicted octanol–water partition coefficient (Wildman–Crippen LogP) is 4.41. The van der Waals surface area contributed by atoms with Crippen molar-refractivity contribution >= 4 is 38.8 Å². The monoisotopic (exact) mass is 275 g/mol. The summed E-state index contributed by atoms with van der Waals surface area (Å²) in [5, 5.41) is 5.12. The van der Waals surface area contributed by atoms with Gasteiger partial charge in [-0.2, -0.15) is 0 Å². The second kappa shape index (κ2) is 4.44. The van der Waals surface area contributed by atoms with E-state index < -0.39 is 0 Å². The van der Waals surface area contributed by atoms with Crippen LogP contribution >= 0.6 is 22.9 Å². The summed E-state index contributed by atoms with van der Waals surface area (Å²) < 4.78 is 0.957. The lowest BCUT2D eigenvalue weighted by atomic mass is 10.1. The van der Waals surface area contributed by atoms with Gasteiger partial charge in [0.2, 0.25) is 5.28 Å². The van der Waals surface area contributed by atoms with E-state index in [2.05, 4.69) is 15.1 Å². The topological polar surface area (TPSA) is 55.2 Å². The molecule has 4 nitrogen and oxygen atoms in total. The number of hydrogen-bond acceptors (Lipinski definition) is 5. The highest BCUT2D eigenvalue weighted by molar-refractivity contribution is 7.17. The molecule has 0 saturated heterocycles. The lowest BCUT2D eigenvalue weighted by Crippen LogP contribution is -1.82. The van der Waals surface area contributed by atoms with Gasteiger partial charge in [-0.1, -0.05) is 12.1 Å². The Hall–Kier alpha value is -1.85. The number of aromatic nitrogens is 2. The fourth-order valence-electron chi connectivity index (χ4n) is 1.74. The van der Waals surface area contributed by atoms with Gasteiger partial charge in [-0.3, -0.25) is 0 Å². The first kappa shape index (κ1) is 11.3. The molecule has 18 heavy (non-hydrogen) atoms. The summed E-state index contributed by atoms with van der Waals surface area (Å²) in [6.45, 7) is 0. The Labute approximate surface area is 111 Å². The van der Waals surface area contributed by atoms with E-state index in [1.807, 2.05) is 11.4 Å². The summed E-state index contributed by atoms with van der Waals surface area (Å²) in [5.74, 6) is 0. The molecule has 88 valence electrons. The molecule has 0 unspecified atom stereocenters. The van der Waals surface area contributed by atoms with Crippen molar-refractivity contribution in [3.8, 4) is 11.1 Å². The molecule has 6 heteroatoms. The van der Waals surface area contributed by atoms with Crippen molar-refractivity contribution in [2.75, 3.05) is 0 Å². The lowest BCUT2D eigenvalue weighted by Gasteiger charge is -1.99. The zero-order valence-electron chi connectivity index (χ0n) is 9.00. The van der Waals surface area contributed by atoms with E-state index in [-0.39, 0.29) is 5.28 Å². The van der Waals surface area contributed by atoms with Crippen molar-refractivity contribution in [2.24, 2.45) is 5.18 Å². The highest BCUT2D eigenvalue weighted by Gasteiger charge is 2.09. The molecule has 1 aromatic carbocycles. The molecular weight excluding hydrogens is 270 g/mol. The van der Waals surface area contributed by atoms with Gasteiger partial charge in [0.25, 0.3) is 0 Å². The quantitative estimate of drug-likeness (QED) is 0.514. The number of nitrogens with zero attached hydrogens (tertiary/aromatic N) is 3. The SMILES string of the molecule is O=Nc1cccc(-c2csc3cnc(Cl)nc23)c1. The summed E-state index contributed by atoms with van der Waals surface area (Å²) in [4.78, 5) is 18.7. The van der Waals surface area contributed by atoms with Gasteiger partial charge in [-0.25, -0.2) is 9.97 Å². The molecule has 0 saturated carbocycles. The third kappa shape index (κ3) is 1.87. The van der Waals surface area contributed by atoms with E-state index in [1.165, 1.54) is 11.3 Å². The summed E-state index contributed by atoms with van der Waals surface area (Å²) in [6.07, 6.45) is 1.70. The Balaban J connectivity index is 2.24. The van der Waals surface area contributed by atoms with Crippen LogP contribution in [0.15, 0.2) is 41.0 Å². The molecule has 0 bridgehead atoms. The molecule has 0 aliphatic rings. The van der Waals surface area contributed by atoms with Gasteiger partial charge in [0.05, 0.1) is 10.2 Å². The Morgan fingerprint density at radius 1 is 1.33 bits per heavy atom. The van der Waals surface area contributed by atoms with Crippen LogP contribution < -0.4 is 0 Å². The molecule has 0 spiro atoms. The van der Waals surface area contributed by atoms with Crippen LogP contribution in [0.1, 0.15) is 0 Å². The highest BCUT2D eigenvalue weighted by atomic mass is 35.5.